The number of allylic oxidation sites excluding steroid dienone is 2. The predicted molar refractivity (Wildman–Crippen MR) is 132 cm³/mol. The Bertz CT molecular complexity index is 948. The molecule has 0 aliphatic heterocycles. The molecule has 2 fully saturated rings. The van der Waals surface area contributed by atoms with Gasteiger partial charge in [0.25, 0.3) is 0 Å². The molecular formula is C30H36F4O. The normalized spacial score (nSPS) is 25.6. The van der Waals surface area contributed by atoms with Gasteiger partial charge in [0.05, 0.1) is 5.92 Å². The van der Waals surface area contributed by atoms with Crippen molar-refractivity contribution in [2.75, 3.05) is 0 Å². The third-order valence-electron chi connectivity index (χ3n) is 7.75. The standard InChI is InChI=1S/C30H36F4O/c1-2-3-21-6-12-24(13-7-21)25-14-8-22(9-15-25)4-5-23-10-16-26(17-11-23)30(33,34)35-29-19-27(31)18-28(32)20-29/h4-7,12-13,18-20,22-23,25-26H,2-3,8-11,14-17H2,1H3/b5-4+. The Hall–Kier alpha value is -2.30. The van der Waals surface area contributed by atoms with Gasteiger partial charge in [0.2, 0.25) is 0 Å². The molecule has 0 spiro atoms. The van der Waals surface area contributed by atoms with Crippen molar-refractivity contribution in [2.24, 2.45) is 17.8 Å². The Labute approximate surface area is 206 Å². The molecule has 0 atom stereocenters. The summed E-state index contributed by atoms with van der Waals surface area (Å²) in [4.78, 5) is 0. The van der Waals surface area contributed by atoms with E-state index >= 15 is 0 Å². The lowest BCUT2D eigenvalue weighted by atomic mass is 9.77. The van der Waals surface area contributed by atoms with Crippen molar-refractivity contribution in [1.82, 2.24) is 0 Å². The van der Waals surface area contributed by atoms with E-state index in [1.165, 1.54) is 43.2 Å². The van der Waals surface area contributed by atoms with Gasteiger partial charge in [-0.05, 0) is 86.7 Å². The fourth-order valence-corrected chi connectivity index (χ4v) is 5.68. The molecule has 2 aliphatic rings. The molecule has 0 bridgehead atoms. The molecule has 0 heterocycles. The van der Waals surface area contributed by atoms with Crippen LogP contribution >= 0.6 is 0 Å². The first-order valence-corrected chi connectivity index (χ1v) is 13.1. The van der Waals surface area contributed by atoms with Crippen LogP contribution in [0.25, 0.3) is 0 Å². The van der Waals surface area contributed by atoms with Crippen LogP contribution in [0, 0.1) is 29.4 Å². The second kappa shape index (κ2) is 11.6. The first kappa shape index (κ1) is 25.8. The maximum Gasteiger partial charge on any atom is 0.400 e. The molecule has 5 heteroatoms. The smallest absolute Gasteiger partial charge is 0.400 e. The minimum Gasteiger partial charge on any atom is -0.432 e. The number of aryl methyl sites for hydroxylation is 1. The van der Waals surface area contributed by atoms with E-state index in [2.05, 4.69) is 43.3 Å². The third-order valence-corrected chi connectivity index (χ3v) is 7.75. The van der Waals surface area contributed by atoms with Crippen molar-refractivity contribution in [2.45, 2.75) is 83.2 Å². The van der Waals surface area contributed by atoms with Crippen LogP contribution < -0.4 is 4.74 Å². The lowest BCUT2D eigenvalue weighted by Crippen LogP contribution is -2.37. The molecule has 0 unspecified atom stereocenters. The highest BCUT2D eigenvalue weighted by Crippen LogP contribution is 2.41. The van der Waals surface area contributed by atoms with E-state index in [1.807, 2.05) is 0 Å². The molecule has 35 heavy (non-hydrogen) atoms. The quantitative estimate of drug-likeness (QED) is 0.266. The molecule has 0 amide bonds. The first-order valence-electron chi connectivity index (χ1n) is 13.1. The van der Waals surface area contributed by atoms with Gasteiger partial charge in [-0.2, -0.15) is 8.78 Å². The molecule has 2 aromatic carbocycles. The van der Waals surface area contributed by atoms with E-state index < -0.39 is 29.4 Å². The fraction of sp³-hybridized carbons (Fsp3) is 0.533. The van der Waals surface area contributed by atoms with Crippen molar-refractivity contribution in [3.05, 3.63) is 77.4 Å². The van der Waals surface area contributed by atoms with Crippen molar-refractivity contribution in [1.29, 1.82) is 0 Å². The molecule has 4 rings (SSSR count). The summed E-state index contributed by atoms with van der Waals surface area (Å²) in [5.74, 6) is -1.76. The van der Waals surface area contributed by atoms with E-state index in [1.54, 1.807) is 0 Å². The van der Waals surface area contributed by atoms with Gasteiger partial charge < -0.3 is 4.74 Å². The number of alkyl halides is 2. The number of halogens is 4. The summed E-state index contributed by atoms with van der Waals surface area (Å²) in [5, 5.41) is 0. The first-order chi connectivity index (χ1) is 16.8. The number of benzene rings is 2. The van der Waals surface area contributed by atoms with Crippen molar-refractivity contribution >= 4 is 0 Å². The van der Waals surface area contributed by atoms with Crippen molar-refractivity contribution < 1.29 is 22.3 Å². The average Bonchev–Trinajstić information content (AvgIpc) is 2.83. The predicted octanol–water partition coefficient (Wildman–Crippen LogP) is 9.23. The van der Waals surface area contributed by atoms with Crippen LogP contribution in [0.3, 0.4) is 0 Å². The molecular weight excluding hydrogens is 452 g/mol. The highest BCUT2D eigenvalue weighted by atomic mass is 19.3. The van der Waals surface area contributed by atoms with Gasteiger partial charge in [-0.3, -0.25) is 0 Å². The number of ether oxygens (including phenoxy) is 1. The zero-order valence-electron chi connectivity index (χ0n) is 20.5. The Morgan fingerprint density at radius 1 is 0.800 bits per heavy atom. The summed E-state index contributed by atoms with van der Waals surface area (Å²) in [6.07, 6.45) is 10.2. The number of hydrogen-bond acceptors (Lipinski definition) is 1. The van der Waals surface area contributed by atoms with Crippen LogP contribution in [-0.2, 0) is 6.42 Å². The maximum atomic E-state index is 14.6. The maximum absolute atomic E-state index is 14.6. The van der Waals surface area contributed by atoms with Crippen LogP contribution in [0.1, 0.15) is 81.8 Å². The summed E-state index contributed by atoms with van der Waals surface area (Å²) in [6, 6.07) is 11.4. The zero-order valence-corrected chi connectivity index (χ0v) is 20.5. The van der Waals surface area contributed by atoms with Gasteiger partial charge in [-0.15, -0.1) is 0 Å². The SMILES string of the molecule is CCCc1ccc(C2CCC(/C=C/C3CCC(C(F)(F)Oc4cc(F)cc(F)c4)CC3)CC2)cc1. The van der Waals surface area contributed by atoms with Crippen LogP contribution in [0.4, 0.5) is 17.6 Å². The summed E-state index contributed by atoms with van der Waals surface area (Å²) in [6.45, 7) is 2.20. The Morgan fingerprint density at radius 2 is 1.34 bits per heavy atom. The van der Waals surface area contributed by atoms with Crippen LogP contribution in [-0.4, -0.2) is 6.11 Å². The minimum absolute atomic E-state index is 0.303. The fourth-order valence-electron chi connectivity index (χ4n) is 5.68. The van der Waals surface area contributed by atoms with Gasteiger partial charge in [-0.25, -0.2) is 8.78 Å². The molecule has 0 radical (unpaired) electrons. The van der Waals surface area contributed by atoms with E-state index in [9.17, 15) is 17.6 Å². The highest BCUT2D eigenvalue weighted by Gasteiger charge is 2.43. The number of hydrogen-bond donors (Lipinski definition) is 0. The third kappa shape index (κ3) is 7.11. The molecule has 0 saturated heterocycles. The second-order valence-corrected chi connectivity index (χ2v) is 10.4. The monoisotopic (exact) mass is 488 g/mol. The van der Waals surface area contributed by atoms with Crippen LogP contribution in [0.15, 0.2) is 54.6 Å². The topological polar surface area (TPSA) is 9.23 Å². The molecule has 190 valence electrons. The van der Waals surface area contributed by atoms with E-state index in [4.69, 9.17) is 4.74 Å². The van der Waals surface area contributed by atoms with Crippen LogP contribution in [0.5, 0.6) is 5.75 Å². The lowest BCUT2D eigenvalue weighted by molar-refractivity contribution is -0.223. The van der Waals surface area contributed by atoms with Crippen LogP contribution in [0.2, 0.25) is 0 Å². The molecule has 2 aliphatic carbocycles. The van der Waals surface area contributed by atoms with Gasteiger partial charge in [0.15, 0.2) is 0 Å². The molecule has 2 aromatic rings. The van der Waals surface area contributed by atoms with Gasteiger partial charge >= 0.3 is 6.11 Å². The highest BCUT2D eigenvalue weighted by molar-refractivity contribution is 5.26. The summed E-state index contributed by atoms with van der Waals surface area (Å²) in [7, 11) is 0. The number of rotatable bonds is 8. The average molecular weight is 489 g/mol. The summed E-state index contributed by atoms with van der Waals surface area (Å²) < 4.78 is 60.6. The van der Waals surface area contributed by atoms with Crippen molar-refractivity contribution in [3.8, 4) is 5.75 Å². The molecule has 2 saturated carbocycles. The lowest BCUT2D eigenvalue weighted by Gasteiger charge is -2.32. The summed E-state index contributed by atoms with van der Waals surface area (Å²) >= 11 is 0. The van der Waals surface area contributed by atoms with Gasteiger partial charge in [0, 0.05) is 18.2 Å². The molecule has 0 N–H and O–H groups in total. The molecule has 1 nitrogen and oxygen atoms in total. The van der Waals surface area contributed by atoms with Gasteiger partial charge in [-0.1, -0.05) is 49.8 Å². The van der Waals surface area contributed by atoms with Gasteiger partial charge in [0.1, 0.15) is 17.4 Å². The Balaban J connectivity index is 1.21. The summed E-state index contributed by atoms with van der Waals surface area (Å²) in [5.41, 5.74) is 2.87. The zero-order chi connectivity index (χ0) is 24.8. The largest absolute Gasteiger partial charge is 0.432 e. The molecule has 0 aromatic heterocycles. The van der Waals surface area contributed by atoms with Crippen molar-refractivity contribution in [3.63, 3.8) is 0 Å². The Morgan fingerprint density at radius 3 is 1.89 bits per heavy atom. The van der Waals surface area contributed by atoms with E-state index in [0.717, 1.165) is 18.6 Å². The Kier molecular flexibility index (Phi) is 8.56. The second-order valence-electron chi connectivity index (χ2n) is 10.4. The minimum atomic E-state index is -3.44. The van der Waals surface area contributed by atoms with E-state index in [-0.39, 0.29) is 0 Å². The van der Waals surface area contributed by atoms with E-state index in [0.29, 0.717) is 49.5 Å².